The molecule has 0 saturated carbocycles. The van der Waals surface area contributed by atoms with Crippen LogP contribution in [0, 0.1) is 0 Å². The van der Waals surface area contributed by atoms with Gasteiger partial charge < -0.3 is 10.4 Å². The number of hydrogen-bond acceptors (Lipinski definition) is 3. The maximum atomic E-state index is 10.7. The SMILES string of the molecule is Cn1nc(C(=O)O)c2c1CNC2. The largest absolute Gasteiger partial charge is 0.476 e. The van der Waals surface area contributed by atoms with Crippen LogP contribution in [0.25, 0.3) is 0 Å². The Kier molecular flexibility index (Phi) is 1.41. The minimum Gasteiger partial charge on any atom is -0.476 e. The molecule has 5 nitrogen and oxygen atoms in total. The van der Waals surface area contributed by atoms with Crippen LogP contribution < -0.4 is 5.32 Å². The second-order valence-electron chi connectivity index (χ2n) is 2.81. The van der Waals surface area contributed by atoms with Gasteiger partial charge in [-0.15, -0.1) is 0 Å². The maximum Gasteiger partial charge on any atom is 0.356 e. The number of hydrogen-bond donors (Lipinski definition) is 2. The molecule has 1 aromatic heterocycles. The van der Waals surface area contributed by atoms with Crippen LogP contribution in [-0.2, 0) is 20.1 Å². The van der Waals surface area contributed by atoms with Gasteiger partial charge in [0.1, 0.15) is 0 Å². The van der Waals surface area contributed by atoms with Gasteiger partial charge in [0.05, 0.1) is 5.69 Å². The van der Waals surface area contributed by atoms with E-state index in [1.54, 1.807) is 11.7 Å². The fraction of sp³-hybridized carbons (Fsp3) is 0.429. The highest BCUT2D eigenvalue weighted by Crippen LogP contribution is 2.18. The van der Waals surface area contributed by atoms with Gasteiger partial charge in [-0.3, -0.25) is 4.68 Å². The number of aromatic nitrogens is 2. The Balaban J connectivity index is 2.58. The average Bonchev–Trinajstić information content (AvgIpc) is 2.53. The molecule has 0 spiro atoms. The summed E-state index contributed by atoms with van der Waals surface area (Å²) < 4.78 is 1.62. The average molecular weight is 167 g/mol. The zero-order chi connectivity index (χ0) is 8.72. The molecule has 12 heavy (non-hydrogen) atoms. The van der Waals surface area contributed by atoms with Crippen molar-refractivity contribution in [3.05, 3.63) is 17.0 Å². The summed E-state index contributed by atoms with van der Waals surface area (Å²) in [6.45, 7) is 1.33. The van der Waals surface area contributed by atoms with Crippen molar-refractivity contribution >= 4 is 5.97 Å². The second-order valence-corrected chi connectivity index (χ2v) is 2.81. The van der Waals surface area contributed by atoms with E-state index in [9.17, 15) is 4.79 Å². The molecule has 2 N–H and O–H groups in total. The molecule has 1 aliphatic rings. The fourth-order valence-corrected chi connectivity index (χ4v) is 1.49. The summed E-state index contributed by atoms with van der Waals surface area (Å²) in [7, 11) is 1.76. The van der Waals surface area contributed by atoms with Crippen molar-refractivity contribution in [2.75, 3.05) is 0 Å². The molecule has 0 bridgehead atoms. The van der Waals surface area contributed by atoms with E-state index in [0.29, 0.717) is 13.1 Å². The maximum absolute atomic E-state index is 10.7. The first-order valence-corrected chi connectivity index (χ1v) is 3.69. The molecule has 5 heteroatoms. The van der Waals surface area contributed by atoms with Crippen molar-refractivity contribution in [3.63, 3.8) is 0 Å². The van der Waals surface area contributed by atoms with E-state index in [-0.39, 0.29) is 5.69 Å². The number of aryl methyl sites for hydroxylation is 1. The van der Waals surface area contributed by atoms with Crippen molar-refractivity contribution in [1.82, 2.24) is 15.1 Å². The molecule has 0 atom stereocenters. The van der Waals surface area contributed by atoms with Crippen LogP contribution >= 0.6 is 0 Å². The molecule has 0 amide bonds. The third-order valence-corrected chi connectivity index (χ3v) is 2.07. The number of nitrogens with one attached hydrogen (secondary N) is 1. The van der Waals surface area contributed by atoms with Crippen LogP contribution in [0.15, 0.2) is 0 Å². The first-order valence-electron chi connectivity index (χ1n) is 3.69. The summed E-state index contributed by atoms with van der Waals surface area (Å²) in [6.07, 6.45) is 0. The van der Waals surface area contributed by atoms with Crippen LogP contribution in [0.5, 0.6) is 0 Å². The Bertz CT molecular complexity index is 343. The Labute approximate surface area is 69.0 Å². The highest BCUT2D eigenvalue weighted by atomic mass is 16.4. The highest BCUT2D eigenvalue weighted by Gasteiger charge is 2.24. The molecule has 0 aliphatic carbocycles. The highest BCUT2D eigenvalue weighted by molar-refractivity contribution is 5.87. The monoisotopic (exact) mass is 167 g/mol. The molecular formula is C7H9N3O2. The normalized spacial score (nSPS) is 14.8. The summed E-state index contributed by atoms with van der Waals surface area (Å²) >= 11 is 0. The van der Waals surface area contributed by atoms with Gasteiger partial charge in [0, 0.05) is 25.7 Å². The van der Waals surface area contributed by atoms with Crippen molar-refractivity contribution < 1.29 is 9.90 Å². The van der Waals surface area contributed by atoms with E-state index in [0.717, 1.165) is 11.3 Å². The van der Waals surface area contributed by atoms with Gasteiger partial charge in [-0.1, -0.05) is 0 Å². The van der Waals surface area contributed by atoms with Crippen LogP contribution in [0.1, 0.15) is 21.7 Å². The Morgan fingerprint density at radius 3 is 3.08 bits per heavy atom. The Morgan fingerprint density at radius 2 is 2.42 bits per heavy atom. The number of carbonyl (C=O) groups is 1. The summed E-state index contributed by atoms with van der Waals surface area (Å²) in [5, 5.41) is 15.7. The van der Waals surface area contributed by atoms with Crippen LogP contribution in [0.4, 0.5) is 0 Å². The smallest absolute Gasteiger partial charge is 0.356 e. The predicted octanol–water partition coefficient (Wildman–Crippen LogP) is -0.278. The number of fused-ring (bicyclic) bond motifs is 1. The summed E-state index contributed by atoms with van der Waals surface area (Å²) in [5.41, 5.74) is 1.98. The van der Waals surface area contributed by atoms with Crippen molar-refractivity contribution in [2.45, 2.75) is 13.1 Å². The number of aromatic carboxylic acids is 1. The van der Waals surface area contributed by atoms with Gasteiger partial charge in [-0.2, -0.15) is 5.10 Å². The Hall–Kier alpha value is -1.36. The van der Waals surface area contributed by atoms with Gasteiger partial charge in [0.2, 0.25) is 0 Å². The van der Waals surface area contributed by atoms with E-state index in [1.165, 1.54) is 0 Å². The second kappa shape index (κ2) is 2.31. The van der Waals surface area contributed by atoms with E-state index in [4.69, 9.17) is 5.11 Å². The lowest BCUT2D eigenvalue weighted by atomic mass is 10.2. The molecule has 0 aromatic carbocycles. The molecule has 2 rings (SSSR count). The van der Waals surface area contributed by atoms with Gasteiger partial charge in [-0.05, 0) is 0 Å². The molecule has 64 valence electrons. The van der Waals surface area contributed by atoms with E-state index < -0.39 is 5.97 Å². The summed E-state index contributed by atoms with van der Waals surface area (Å²) in [5.74, 6) is -0.949. The predicted molar refractivity (Wildman–Crippen MR) is 40.7 cm³/mol. The minimum absolute atomic E-state index is 0.178. The molecule has 0 fully saturated rings. The zero-order valence-corrected chi connectivity index (χ0v) is 6.66. The number of nitrogens with zero attached hydrogens (tertiary/aromatic N) is 2. The fourth-order valence-electron chi connectivity index (χ4n) is 1.49. The third-order valence-electron chi connectivity index (χ3n) is 2.07. The van der Waals surface area contributed by atoms with Crippen LogP contribution in [-0.4, -0.2) is 20.9 Å². The van der Waals surface area contributed by atoms with Gasteiger partial charge in [0.25, 0.3) is 0 Å². The van der Waals surface area contributed by atoms with E-state index in [1.807, 2.05) is 0 Å². The van der Waals surface area contributed by atoms with E-state index >= 15 is 0 Å². The van der Waals surface area contributed by atoms with Gasteiger partial charge >= 0.3 is 5.97 Å². The van der Waals surface area contributed by atoms with Gasteiger partial charge in [0.15, 0.2) is 5.69 Å². The van der Waals surface area contributed by atoms with Crippen molar-refractivity contribution in [2.24, 2.45) is 7.05 Å². The molecular weight excluding hydrogens is 158 g/mol. The topological polar surface area (TPSA) is 67.2 Å². The first-order chi connectivity index (χ1) is 5.70. The van der Waals surface area contributed by atoms with Crippen LogP contribution in [0.3, 0.4) is 0 Å². The number of rotatable bonds is 1. The molecule has 0 radical (unpaired) electrons. The molecule has 1 aliphatic heterocycles. The lowest BCUT2D eigenvalue weighted by molar-refractivity contribution is 0.0688. The number of carboxylic acids is 1. The molecule has 0 unspecified atom stereocenters. The standard InChI is InChI=1S/C7H9N3O2/c1-10-5-3-8-2-4(5)6(9-10)7(11)12/h8H,2-3H2,1H3,(H,11,12). The van der Waals surface area contributed by atoms with Crippen molar-refractivity contribution in [1.29, 1.82) is 0 Å². The summed E-state index contributed by atoms with van der Waals surface area (Å²) in [4.78, 5) is 10.7. The van der Waals surface area contributed by atoms with Crippen molar-refractivity contribution in [3.8, 4) is 0 Å². The lowest BCUT2D eigenvalue weighted by Crippen LogP contribution is -2.09. The quantitative estimate of drug-likeness (QED) is 0.603. The lowest BCUT2D eigenvalue weighted by Gasteiger charge is -1.93. The number of carboxylic acid groups (broad SMARTS) is 1. The molecule has 0 saturated heterocycles. The Morgan fingerprint density at radius 1 is 1.67 bits per heavy atom. The molecule has 2 heterocycles. The summed E-state index contributed by atoms with van der Waals surface area (Å²) in [6, 6.07) is 0. The van der Waals surface area contributed by atoms with E-state index in [2.05, 4.69) is 10.4 Å². The molecule has 1 aromatic rings. The minimum atomic E-state index is -0.949. The first kappa shape index (κ1) is 7.30. The van der Waals surface area contributed by atoms with Crippen LogP contribution in [0.2, 0.25) is 0 Å². The third kappa shape index (κ3) is 0.831. The zero-order valence-electron chi connectivity index (χ0n) is 6.66. The van der Waals surface area contributed by atoms with Gasteiger partial charge in [-0.25, -0.2) is 4.79 Å².